The van der Waals surface area contributed by atoms with Crippen molar-refractivity contribution in [2.24, 2.45) is 0 Å². The van der Waals surface area contributed by atoms with E-state index >= 15 is 0 Å². The van der Waals surface area contributed by atoms with Crippen LogP contribution in [-0.4, -0.2) is 16.8 Å². The fraction of sp³-hybridized carbons (Fsp3) is 0.100. The van der Waals surface area contributed by atoms with Gasteiger partial charge in [-0.15, -0.1) is 0 Å². The summed E-state index contributed by atoms with van der Waals surface area (Å²) in [5.41, 5.74) is 1.82. The predicted octanol–water partition coefficient (Wildman–Crippen LogP) is 4.70. The van der Waals surface area contributed by atoms with Crippen LogP contribution in [0.4, 0.5) is 11.4 Å². The Bertz CT molecular complexity index is 938. The van der Waals surface area contributed by atoms with E-state index in [0.717, 1.165) is 23.7 Å². The highest BCUT2D eigenvalue weighted by atomic mass is 32.2. The highest BCUT2D eigenvalue weighted by Crippen LogP contribution is 2.39. The number of hydrogen-bond acceptors (Lipinski definition) is 5. The standard InChI is InChI=1S/C20H16N2O2S2/c1-2-21-15-10-6-7-11-16(15)24-18(21)13-12-17-19(23)22(20(25)26-17)14-8-4-3-5-9-14/h3-13H,2H2,1H3/b17-12+,18-13+. The van der Waals surface area contributed by atoms with Crippen LogP contribution in [0.5, 0.6) is 5.75 Å². The Kier molecular flexibility index (Phi) is 4.53. The molecule has 26 heavy (non-hydrogen) atoms. The molecule has 0 radical (unpaired) electrons. The van der Waals surface area contributed by atoms with Gasteiger partial charge in [0.25, 0.3) is 5.91 Å². The second-order valence-corrected chi connectivity index (χ2v) is 7.37. The molecule has 2 aliphatic rings. The van der Waals surface area contributed by atoms with E-state index in [1.54, 1.807) is 11.0 Å². The molecule has 1 amide bonds. The van der Waals surface area contributed by atoms with E-state index in [-0.39, 0.29) is 5.91 Å². The topological polar surface area (TPSA) is 32.8 Å². The SMILES string of the molecule is CCN1/C(=C\C=C2\SC(=S)N(c3ccccc3)C2=O)Oc2ccccc21. The zero-order chi connectivity index (χ0) is 18.1. The van der Waals surface area contributed by atoms with Crippen molar-refractivity contribution in [2.75, 3.05) is 16.3 Å². The number of ether oxygens (including phenoxy) is 1. The second kappa shape index (κ2) is 6.97. The quantitative estimate of drug-likeness (QED) is 0.570. The first-order valence-electron chi connectivity index (χ1n) is 8.26. The Balaban J connectivity index is 1.61. The lowest BCUT2D eigenvalue weighted by Gasteiger charge is -2.15. The Hall–Kier alpha value is -2.57. The number of rotatable bonds is 3. The number of anilines is 2. The monoisotopic (exact) mass is 380 g/mol. The van der Waals surface area contributed by atoms with Gasteiger partial charge in [0.1, 0.15) is 0 Å². The van der Waals surface area contributed by atoms with Gasteiger partial charge in [-0.2, -0.15) is 0 Å². The number of nitrogens with zero attached hydrogens (tertiary/aromatic N) is 2. The zero-order valence-electron chi connectivity index (χ0n) is 14.1. The van der Waals surface area contributed by atoms with Crippen molar-refractivity contribution in [3.8, 4) is 5.75 Å². The smallest absolute Gasteiger partial charge is 0.270 e. The molecule has 2 aliphatic heterocycles. The molecule has 2 aromatic carbocycles. The average molecular weight is 380 g/mol. The van der Waals surface area contributed by atoms with Crippen LogP contribution in [0.2, 0.25) is 0 Å². The summed E-state index contributed by atoms with van der Waals surface area (Å²) >= 11 is 6.70. The normalized spacial score (nSPS) is 19.4. The number of carbonyl (C=O) groups is 1. The van der Waals surface area contributed by atoms with Crippen molar-refractivity contribution in [3.05, 3.63) is 77.5 Å². The second-order valence-electron chi connectivity index (χ2n) is 5.69. The highest BCUT2D eigenvalue weighted by Gasteiger charge is 2.33. The Morgan fingerprint density at radius 3 is 2.58 bits per heavy atom. The minimum absolute atomic E-state index is 0.110. The van der Waals surface area contributed by atoms with Crippen LogP contribution in [-0.2, 0) is 4.79 Å². The predicted molar refractivity (Wildman–Crippen MR) is 110 cm³/mol. The van der Waals surface area contributed by atoms with Crippen LogP contribution < -0.4 is 14.5 Å². The number of para-hydroxylation sites is 3. The van der Waals surface area contributed by atoms with Crippen molar-refractivity contribution >= 4 is 45.6 Å². The summed E-state index contributed by atoms with van der Waals surface area (Å²) in [5.74, 6) is 1.42. The minimum Gasteiger partial charge on any atom is -0.439 e. The van der Waals surface area contributed by atoms with Crippen molar-refractivity contribution in [3.63, 3.8) is 0 Å². The average Bonchev–Trinajstić information content (AvgIpc) is 3.16. The molecule has 0 saturated carbocycles. The van der Waals surface area contributed by atoms with Crippen LogP contribution in [0.15, 0.2) is 77.5 Å². The molecule has 4 nitrogen and oxygen atoms in total. The molecule has 0 aliphatic carbocycles. The van der Waals surface area contributed by atoms with Gasteiger partial charge in [0.05, 0.1) is 16.3 Å². The third-order valence-electron chi connectivity index (χ3n) is 4.14. The van der Waals surface area contributed by atoms with Gasteiger partial charge in [-0.05, 0) is 37.3 Å². The molecule has 0 aromatic heterocycles. The van der Waals surface area contributed by atoms with Gasteiger partial charge in [-0.1, -0.05) is 54.3 Å². The lowest BCUT2D eigenvalue weighted by molar-refractivity contribution is -0.113. The van der Waals surface area contributed by atoms with Crippen molar-refractivity contribution < 1.29 is 9.53 Å². The third kappa shape index (κ3) is 2.91. The molecule has 130 valence electrons. The van der Waals surface area contributed by atoms with Crippen LogP contribution >= 0.6 is 24.0 Å². The first-order chi connectivity index (χ1) is 12.7. The molecular weight excluding hydrogens is 364 g/mol. The first-order valence-corrected chi connectivity index (χ1v) is 9.49. The fourth-order valence-electron chi connectivity index (χ4n) is 2.93. The number of fused-ring (bicyclic) bond motifs is 1. The van der Waals surface area contributed by atoms with E-state index in [1.807, 2.05) is 60.7 Å². The maximum atomic E-state index is 12.8. The summed E-state index contributed by atoms with van der Waals surface area (Å²) in [6.07, 6.45) is 3.62. The van der Waals surface area contributed by atoms with Crippen molar-refractivity contribution in [1.29, 1.82) is 0 Å². The van der Waals surface area contributed by atoms with Gasteiger partial charge >= 0.3 is 0 Å². The fourth-order valence-corrected chi connectivity index (χ4v) is 4.17. The lowest BCUT2D eigenvalue weighted by atomic mass is 10.3. The molecule has 0 atom stereocenters. The van der Waals surface area contributed by atoms with Crippen LogP contribution in [0.3, 0.4) is 0 Å². The minimum atomic E-state index is -0.110. The Labute approximate surface area is 161 Å². The van der Waals surface area contributed by atoms with Gasteiger partial charge in [0, 0.05) is 12.6 Å². The summed E-state index contributed by atoms with van der Waals surface area (Å²) in [6.45, 7) is 2.84. The van der Waals surface area contributed by atoms with Gasteiger partial charge in [0.15, 0.2) is 10.1 Å². The molecule has 0 unspecified atom stereocenters. The molecule has 0 N–H and O–H groups in total. The molecule has 1 fully saturated rings. The Morgan fingerprint density at radius 2 is 1.81 bits per heavy atom. The van der Waals surface area contributed by atoms with Gasteiger partial charge in [-0.3, -0.25) is 9.69 Å². The van der Waals surface area contributed by atoms with Crippen LogP contribution in [0.1, 0.15) is 6.92 Å². The van der Waals surface area contributed by atoms with Gasteiger partial charge < -0.3 is 9.64 Å². The molecule has 6 heteroatoms. The molecule has 1 saturated heterocycles. The maximum absolute atomic E-state index is 12.8. The number of benzene rings is 2. The number of hydrogen-bond donors (Lipinski definition) is 0. The number of amides is 1. The number of thiocarbonyl (C=S) groups is 1. The first kappa shape index (κ1) is 16.9. The summed E-state index contributed by atoms with van der Waals surface area (Å²) < 4.78 is 6.46. The summed E-state index contributed by atoms with van der Waals surface area (Å²) in [6, 6.07) is 17.3. The van der Waals surface area contributed by atoms with Gasteiger partial charge in [-0.25, -0.2) is 0 Å². The maximum Gasteiger partial charge on any atom is 0.270 e. The van der Waals surface area contributed by atoms with E-state index in [9.17, 15) is 4.79 Å². The molecule has 0 bridgehead atoms. The molecule has 2 aromatic rings. The van der Waals surface area contributed by atoms with Crippen molar-refractivity contribution in [1.82, 2.24) is 0 Å². The zero-order valence-corrected chi connectivity index (χ0v) is 15.7. The molecule has 0 spiro atoms. The van der Waals surface area contributed by atoms with Gasteiger partial charge in [0.2, 0.25) is 5.88 Å². The number of allylic oxidation sites excluding steroid dienone is 2. The van der Waals surface area contributed by atoms with Crippen molar-refractivity contribution in [2.45, 2.75) is 6.92 Å². The van der Waals surface area contributed by atoms with E-state index in [1.165, 1.54) is 11.8 Å². The third-order valence-corrected chi connectivity index (χ3v) is 5.46. The van der Waals surface area contributed by atoms with E-state index in [4.69, 9.17) is 17.0 Å². The number of carbonyl (C=O) groups excluding carboxylic acids is 1. The molecule has 4 rings (SSSR count). The molecule has 2 heterocycles. The Morgan fingerprint density at radius 1 is 1.08 bits per heavy atom. The summed E-state index contributed by atoms with van der Waals surface area (Å²) in [4.78, 5) is 17.0. The van der Waals surface area contributed by atoms with E-state index in [2.05, 4.69) is 11.8 Å². The largest absolute Gasteiger partial charge is 0.439 e. The van der Waals surface area contributed by atoms with Crippen LogP contribution in [0.25, 0.3) is 0 Å². The van der Waals surface area contributed by atoms with E-state index < -0.39 is 0 Å². The summed E-state index contributed by atoms with van der Waals surface area (Å²) in [5, 5.41) is 0. The molecular formula is C20H16N2O2S2. The summed E-state index contributed by atoms with van der Waals surface area (Å²) in [7, 11) is 0. The highest BCUT2D eigenvalue weighted by molar-refractivity contribution is 8.27. The number of thioether (sulfide) groups is 1. The van der Waals surface area contributed by atoms with E-state index in [0.29, 0.717) is 15.1 Å². The van der Waals surface area contributed by atoms with Crippen LogP contribution in [0, 0.1) is 0 Å². The lowest BCUT2D eigenvalue weighted by Crippen LogP contribution is -2.27.